The number of pyridine rings is 1. The number of hydrogen-bond donors (Lipinski definition) is 1. The summed E-state index contributed by atoms with van der Waals surface area (Å²) >= 11 is 5.97. The van der Waals surface area contributed by atoms with E-state index in [0.29, 0.717) is 5.56 Å². The van der Waals surface area contributed by atoms with Gasteiger partial charge in [-0.2, -0.15) is 0 Å². The van der Waals surface area contributed by atoms with Gasteiger partial charge in [-0.1, -0.05) is 29.8 Å². The van der Waals surface area contributed by atoms with Crippen molar-refractivity contribution in [2.45, 2.75) is 10.9 Å². The molecule has 0 fully saturated rings. The highest BCUT2D eigenvalue weighted by atomic mass is 35.5. The van der Waals surface area contributed by atoms with Crippen LogP contribution in [0.25, 0.3) is 0 Å². The average Bonchev–Trinajstić information content (AvgIpc) is 2.73. The smallest absolute Gasteiger partial charge is 0.289 e. The van der Waals surface area contributed by atoms with Crippen molar-refractivity contribution < 1.29 is 13.3 Å². The number of hydrogen-bond acceptors (Lipinski definition) is 6. The molecular formula is C13H10ClN3O4S. The van der Waals surface area contributed by atoms with Gasteiger partial charge in [0, 0.05) is 6.07 Å². The Morgan fingerprint density at radius 3 is 2.77 bits per heavy atom. The van der Waals surface area contributed by atoms with Gasteiger partial charge in [0.2, 0.25) is 0 Å². The van der Waals surface area contributed by atoms with Gasteiger partial charge in [0.05, 0.1) is 26.6 Å². The fourth-order valence-electron chi connectivity index (χ4n) is 2.37. The second-order valence-corrected chi connectivity index (χ2v) is 7.21. The van der Waals surface area contributed by atoms with Crippen molar-refractivity contribution in [1.29, 1.82) is 0 Å². The predicted octanol–water partition coefficient (Wildman–Crippen LogP) is 2.58. The van der Waals surface area contributed by atoms with Crippen molar-refractivity contribution in [3.8, 4) is 0 Å². The molecule has 1 aromatic carbocycles. The van der Waals surface area contributed by atoms with Crippen LogP contribution in [0.4, 0.5) is 11.5 Å². The minimum atomic E-state index is -3.35. The van der Waals surface area contributed by atoms with Crippen molar-refractivity contribution in [3.05, 3.63) is 57.2 Å². The first kappa shape index (κ1) is 14.7. The van der Waals surface area contributed by atoms with Gasteiger partial charge in [0.15, 0.2) is 9.84 Å². The lowest BCUT2D eigenvalue weighted by molar-refractivity contribution is -0.385. The van der Waals surface area contributed by atoms with E-state index < -0.39 is 20.8 Å². The number of sulfone groups is 1. The second-order valence-electron chi connectivity index (χ2n) is 4.80. The van der Waals surface area contributed by atoms with Gasteiger partial charge < -0.3 is 5.32 Å². The third-order valence-corrected chi connectivity index (χ3v) is 5.47. The molecule has 1 aromatic heterocycles. The first-order valence-electron chi connectivity index (χ1n) is 6.26. The molecule has 2 heterocycles. The van der Waals surface area contributed by atoms with Gasteiger partial charge >= 0.3 is 0 Å². The molecule has 1 aliphatic rings. The molecule has 9 heteroatoms. The van der Waals surface area contributed by atoms with Crippen LogP contribution < -0.4 is 5.32 Å². The summed E-state index contributed by atoms with van der Waals surface area (Å²) < 4.78 is 24.2. The lowest BCUT2D eigenvalue weighted by Gasteiger charge is -2.14. The highest BCUT2D eigenvalue weighted by Crippen LogP contribution is 2.36. The van der Waals surface area contributed by atoms with Crippen molar-refractivity contribution in [2.24, 2.45) is 0 Å². The molecule has 1 atom stereocenters. The second kappa shape index (κ2) is 5.22. The molecule has 0 amide bonds. The van der Waals surface area contributed by atoms with E-state index >= 15 is 0 Å². The highest BCUT2D eigenvalue weighted by molar-refractivity contribution is 7.91. The number of nitro groups is 1. The Bertz CT molecular complexity index is 869. The van der Waals surface area contributed by atoms with E-state index in [1.165, 1.54) is 6.07 Å². The Balaban J connectivity index is 1.94. The molecule has 7 nitrogen and oxygen atoms in total. The third-order valence-electron chi connectivity index (χ3n) is 3.36. The Labute approximate surface area is 131 Å². The topological polar surface area (TPSA) is 102 Å². The maximum Gasteiger partial charge on any atom is 0.289 e. The summed E-state index contributed by atoms with van der Waals surface area (Å²) in [7, 11) is -3.35. The highest BCUT2D eigenvalue weighted by Gasteiger charge is 2.34. The normalized spacial score (nSPS) is 18.7. The van der Waals surface area contributed by atoms with Crippen LogP contribution in [0.1, 0.15) is 11.6 Å². The Hall–Kier alpha value is -2.19. The van der Waals surface area contributed by atoms with E-state index in [-0.39, 0.29) is 27.2 Å². The Morgan fingerprint density at radius 1 is 1.36 bits per heavy atom. The van der Waals surface area contributed by atoms with Crippen LogP contribution in [-0.2, 0) is 9.84 Å². The average molecular weight is 340 g/mol. The number of rotatable bonds is 3. The lowest BCUT2D eigenvalue weighted by atomic mass is 10.1. The predicted molar refractivity (Wildman–Crippen MR) is 80.8 cm³/mol. The van der Waals surface area contributed by atoms with Gasteiger partial charge in [0.25, 0.3) is 5.69 Å². The molecule has 0 saturated heterocycles. The van der Waals surface area contributed by atoms with Crippen molar-refractivity contribution in [2.75, 3.05) is 11.1 Å². The van der Waals surface area contributed by atoms with E-state index in [4.69, 9.17) is 11.6 Å². The van der Waals surface area contributed by atoms with E-state index in [0.717, 1.165) is 6.20 Å². The van der Waals surface area contributed by atoms with E-state index in [1.54, 1.807) is 24.3 Å². The third kappa shape index (κ3) is 2.51. The first-order valence-corrected chi connectivity index (χ1v) is 8.29. The number of anilines is 1. The molecule has 0 spiro atoms. The van der Waals surface area contributed by atoms with Crippen LogP contribution in [0, 0.1) is 10.1 Å². The van der Waals surface area contributed by atoms with Gasteiger partial charge in [-0.05, 0) is 11.6 Å². The molecule has 0 aliphatic carbocycles. The molecular weight excluding hydrogens is 330 g/mol. The standard InChI is InChI=1S/C13H10ClN3O4S/c14-10-5-8(17(18)19)6-15-13(10)16-11-7-22(20,21)12-4-2-1-3-9(11)12/h1-6,11H,7H2,(H,15,16). The van der Waals surface area contributed by atoms with Crippen LogP contribution in [0.5, 0.6) is 0 Å². The summed E-state index contributed by atoms with van der Waals surface area (Å²) in [5.74, 6) is 0.102. The van der Waals surface area contributed by atoms with E-state index in [2.05, 4.69) is 10.3 Å². The van der Waals surface area contributed by atoms with Crippen molar-refractivity contribution >= 4 is 32.9 Å². The van der Waals surface area contributed by atoms with Crippen LogP contribution in [0.2, 0.25) is 5.02 Å². The summed E-state index contributed by atoms with van der Waals surface area (Å²) in [5, 5.41) is 13.7. The van der Waals surface area contributed by atoms with Crippen LogP contribution in [-0.4, -0.2) is 24.1 Å². The number of benzene rings is 1. The lowest BCUT2D eigenvalue weighted by Crippen LogP contribution is -2.14. The number of fused-ring (bicyclic) bond motifs is 1. The molecule has 1 N–H and O–H groups in total. The van der Waals surface area contributed by atoms with Crippen LogP contribution in [0.15, 0.2) is 41.4 Å². The molecule has 1 unspecified atom stereocenters. The molecule has 3 rings (SSSR count). The minimum absolute atomic E-state index is 0.0657. The zero-order valence-corrected chi connectivity index (χ0v) is 12.6. The van der Waals surface area contributed by atoms with E-state index in [1.807, 2.05) is 0 Å². The monoisotopic (exact) mass is 339 g/mol. The number of nitrogens with one attached hydrogen (secondary N) is 1. The minimum Gasteiger partial charge on any atom is -0.361 e. The van der Waals surface area contributed by atoms with Crippen LogP contribution >= 0.6 is 11.6 Å². The maximum absolute atomic E-state index is 12.1. The fourth-order valence-corrected chi connectivity index (χ4v) is 4.32. The van der Waals surface area contributed by atoms with Crippen LogP contribution in [0.3, 0.4) is 0 Å². The summed E-state index contributed by atoms with van der Waals surface area (Å²) in [6, 6.07) is 7.36. The van der Waals surface area contributed by atoms with Gasteiger partial charge in [-0.15, -0.1) is 0 Å². The van der Waals surface area contributed by atoms with Gasteiger partial charge in [-0.3, -0.25) is 10.1 Å². The van der Waals surface area contributed by atoms with Crippen molar-refractivity contribution in [1.82, 2.24) is 4.98 Å². The Morgan fingerprint density at radius 2 is 2.09 bits per heavy atom. The number of nitrogens with zero attached hydrogens (tertiary/aromatic N) is 2. The molecule has 0 radical (unpaired) electrons. The molecule has 22 heavy (non-hydrogen) atoms. The largest absolute Gasteiger partial charge is 0.361 e. The van der Waals surface area contributed by atoms with Crippen molar-refractivity contribution in [3.63, 3.8) is 0 Å². The summed E-state index contributed by atoms with van der Waals surface area (Å²) in [6.07, 6.45) is 1.07. The van der Waals surface area contributed by atoms with Gasteiger partial charge in [0.1, 0.15) is 12.0 Å². The Kier molecular flexibility index (Phi) is 3.50. The summed E-state index contributed by atoms with van der Waals surface area (Å²) in [4.78, 5) is 14.3. The van der Waals surface area contributed by atoms with Gasteiger partial charge in [-0.25, -0.2) is 13.4 Å². The molecule has 2 aromatic rings. The zero-order valence-electron chi connectivity index (χ0n) is 11.1. The molecule has 1 aliphatic heterocycles. The molecule has 0 saturated carbocycles. The number of aromatic nitrogens is 1. The summed E-state index contributed by atoms with van der Waals surface area (Å²) in [5.41, 5.74) is 0.411. The quantitative estimate of drug-likeness (QED) is 0.681. The fraction of sp³-hybridized carbons (Fsp3) is 0.154. The zero-order chi connectivity index (χ0) is 15.9. The molecule has 114 valence electrons. The molecule has 0 bridgehead atoms. The SMILES string of the molecule is O=[N+]([O-])c1cnc(NC2CS(=O)(=O)c3ccccc32)c(Cl)c1. The maximum atomic E-state index is 12.1. The summed E-state index contributed by atoms with van der Waals surface area (Å²) in [6.45, 7) is 0. The number of halogens is 1. The van der Waals surface area contributed by atoms with E-state index in [9.17, 15) is 18.5 Å². The first-order chi connectivity index (χ1) is 10.4.